The first-order chi connectivity index (χ1) is 47.9. The molecule has 0 spiro atoms. The maximum atomic E-state index is 13.6. The fourth-order valence-electron chi connectivity index (χ4n) is 12.3. The van der Waals surface area contributed by atoms with E-state index >= 15 is 0 Å². The molecule has 0 unspecified atom stereocenters. The summed E-state index contributed by atoms with van der Waals surface area (Å²) in [6.45, 7) is 16.4. The lowest BCUT2D eigenvalue weighted by Gasteiger charge is -2.22. The van der Waals surface area contributed by atoms with Crippen molar-refractivity contribution in [2.45, 2.75) is 137 Å². The Bertz CT molecular complexity index is 5000. The molecule has 498 valence electrons. The minimum absolute atomic E-state index is 0.00900. The molecular formula is C74H71N19O6. The van der Waals surface area contributed by atoms with Gasteiger partial charge in [0.2, 0.25) is 11.8 Å². The second kappa shape index (κ2) is 27.4. The molecule has 3 aromatic carbocycles. The molecule has 0 saturated heterocycles. The van der Waals surface area contributed by atoms with Crippen molar-refractivity contribution in [2.24, 2.45) is 0 Å². The Labute approximate surface area is 568 Å². The number of nitrogens with zero attached hydrogens (tertiary/aromatic N) is 13. The van der Waals surface area contributed by atoms with E-state index in [1.165, 1.54) is 0 Å². The van der Waals surface area contributed by atoms with Crippen LogP contribution in [0.2, 0.25) is 0 Å². The van der Waals surface area contributed by atoms with Crippen molar-refractivity contribution in [3.63, 3.8) is 0 Å². The maximum absolute atomic E-state index is 13.6. The van der Waals surface area contributed by atoms with Crippen LogP contribution in [0.25, 0.3) is 66.8 Å². The summed E-state index contributed by atoms with van der Waals surface area (Å²) < 4.78 is 22.2. The molecule has 9 heterocycles. The number of nitrogen functional groups attached to an aromatic ring is 3. The molecule has 25 heteroatoms. The van der Waals surface area contributed by atoms with Gasteiger partial charge in [-0.05, 0) is 152 Å². The molecule has 9 N–H and O–H groups in total. The van der Waals surface area contributed by atoms with Crippen molar-refractivity contribution >= 4 is 67.0 Å². The number of benzene rings is 3. The topological polar surface area (TPSA) is 348 Å². The Balaban J connectivity index is 0.000000133. The molecule has 12 aromatic rings. The lowest BCUT2D eigenvalue weighted by molar-refractivity contribution is 0.426. The van der Waals surface area contributed by atoms with Gasteiger partial charge in [0.15, 0.2) is 5.82 Å². The SMILES string of the molecule is CC#Cc1cccc2cc([C@H](C)Nc3nccc(N)c3-c3nc(C)no3)n(C3CC3)c(=O)c12.CC#Cc1cccc2cc([C@H](C)Nc3nccc(N)c3-c3nnc(C)o3)n(C3CC3)c(=O)c12.CC#Cc1cccc2nc([C@H](C)Nc3nccc(N)c3-c3nnc(C)o3)n(C3CC3)c(=O)c12. The predicted molar refractivity (Wildman–Crippen MR) is 381 cm³/mol. The van der Waals surface area contributed by atoms with Gasteiger partial charge >= 0.3 is 0 Å². The van der Waals surface area contributed by atoms with E-state index in [4.69, 9.17) is 35.5 Å². The van der Waals surface area contributed by atoms with Crippen molar-refractivity contribution in [1.29, 1.82) is 0 Å². The highest BCUT2D eigenvalue weighted by Gasteiger charge is 2.34. The van der Waals surface area contributed by atoms with Crippen LogP contribution in [-0.4, -0.2) is 64.2 Å². The van der Waals surface area contributed by atoms with Crippen LogP contribution in [0.5, 0.6) is 0 Å². The quantitative estimate of drug-likeness (QED) is 0.0519. The van der Waals surface area contributed by atoms with Gasteiger partial charge in [0, 0.05) is 95.7 Å². The third-order valence-electron chi connectivity index (χ3n) is 17.2. The Morgan fingerprint density at radius 3 is 1.27 bits per heavy atom. The number of hydrogen-bond donors (Lipinski definition) is 6. The summed E-state index contributed by atoms with van der Waals surface area (Å²) in [6.07, 6.45) is 10.7. The Kier molecular flexibility index (Phi) is 18.0. The molecule has 99 heavy (non-hydrogen) atoms. The zero-order valence-corrected chi connectivity index (χ0v) is 56.0. The fourth-order valence-corrected chi connectivity index (χ4v) is 12.3. The van der Waals surface area contributed by atoms with Crippen LogP contribution >= 0.6 is 0 Å². The summed E-state index contributed by atoms with van der Waals surface area (Å²) in [7, 11) is 0. The molecule has 0 aliphatic heterocycles. The van der Waals surface area contributed by atoms with Crippen molar-refractivity contribution in [2.75, 3.05) is 33.2 Å². The fraction of sp³-hybridized carbons (Fsp3) is 0.284. The Morgan fingerprint density at radius 2 is 0.879 bits per heavy atom. The zero-order valence-electron chi connectivity index (χ0n) is 56.0. The van der Waals surface area contributed by atoms with Gasteiger partial charge in [-0.15, -0.1) is 38.2 Å². The van der Waals surface area contributed by atoms with Gasteiger partial charge in [0.1, 0.15) is 40.0 Å². The number of nitrogens with two attached hydrogens (primary N) is 3. The highest BCUT2D eigenvalue weighted by molar-refractivity contribution is 5.90. The smallest absolute Gasteiger partial charge is 0.263 e. The van der Waals surface area contributed by atoms with E-state index in [9.17, 15) is 14.4 Å². The van der Waals surface area contributed by atoms with Gasteiger partial charge in [-0.3, -0.25) is 19.0 Å². The van der Waals surface area contributed by atoms with E-state index in [1.54, 1.807) is 82.9 Å². The number of hydrogen-bond acceptors (Lipinski definition) is 22. The second-order valence-corrected chi connectivity index (χ2v) is 24.6. The first-order valence-corrected chi connectivity index (χ1v) is 32.6. The highest BCUT2D eigenvalue weighted by atomic mass is 16.5. The molecule has 0 amide bonds. The number of nitrogens with one attached hydrogen (secondary N) is 3. The number of aromatic nitrogens is 13. The lowest BCUT2D eigenvalue weighted by Crippen LogP contribution is -2.28. The maximum Gasteiger partial charge on any atom is 0.263 e. The van der Waals surface area contributed by atoms with E-state index < -0.39 is 0 Å². The van der Waals surface area contributed by atoms with Crippen molar-refractivity contribution in [3.05, 3.63) is 186 Å². The van der Waals surface area contributed by atoms with Crippen LogP contribution in [0.1, 0.15) is 168 Å². The van der Waals surface area contributed by atoms with Crippen LogP contribution < -0.4 is 49.8 Å². The predicted octanol–water partition coefficient (Wildman–Crippen LogP) is 12.0. The van der Waals surface area contributed by atoms with Gasteiger partial charge in [-0.25, -0.2) is 19.9 Å². The first kappa shape index (κ1) is 65.2. The summed E-state index contributed by atoms with van der Waals surface area (Å²) in [4.78, 5) is 63.5. The summed E-state index contributed by atoms with van der Waals surface area (Å²) >= 11 is 0. The molecular weight excluding hydrogens is 1250 g/mol. The standard InChI is InChI=1S/2C25H24N6O2.C24H23N7O2/c1-4-6-16-7-5-8-17-13-20(31(18-9-10-18)25(32)21(16)17)14(2)28-23-22(19(26)11-12-27-23)24-30-29-15(3)33-24;1-4-6-16-7-5-8-17-13-20(31(18-9-10-18)25(32)21(16)17)14(2)28-23-22(19(26)11-12-27-23)24-29-15(3)30-33-24;1-4-6-15-7-5-8-18-19(15)24(32)31(16-9-10-16)22(28-18)13(2)27-21-20(17(25)11-12-26-21)23-30-29-14(3)33-23/h2*5,7-8,11-14,18H,9-10H2,1-3H3,(H3,26,27,28);5,7-8,11-13,16H,9-10H2,1-3H3,(H3,25,26,27)/t2*14-;13-/m000/s1. The summed E-state index contributed by atoms with van der Waals surface area (Å²) in [6, 6.07) is 26.0. The van der Waals surface area contributed by atoms with Crippen LogP contribution in [-0.2, 0) is 0 Å². The summed E-state index contributed by atoms with van der Waals surface area (Å²) in [5, 5.41) is 33.7. The molecule has 9 aromatic heterocycles. The number of anilines is 6. The van der Waals surface area contributed by atoms with E-state index in [0.29, 0.717) is 114 Å². The molecule has 25 nitrogen and oxygen atoms in total. The molecule has 3 aliphatic rings. The summed E-state index contributed by atoms with van der Waals surface area (Å²) in [5.41, 5.74) is 26.2. The van der Waals surface area contributed by atoms with Crippen molar-refractivity contribution in [1.82, 2.24) is 64.2 Å². The average Bonchev–Trinajstić information content (AvgIpc) is 1.75. The van der Waals surface area contributed by atoms with Crippen LogP contribution in [0.4, 0.5) is 34.5 Å². The van der Waals surface area contributed by atoms with Gasteiger partial charge in [-0.1, -0.05) is 53.2 Å². The van der Waals surface area contributed by atoms with Gasteiger partial charge < -0.3 is 55.6 Å². The highest BCUT2D eigenvalue weighted by Crippen LogP contribution is 2.42. The van der Waals surface area contributed by atoms with Crippen molar-refractivity contribution < 1.29 is 13.4 Å². The number of fused-ring (bicyclic) bond motifs is 3. The zero-order chi connectivity index (χ0) is 69.3. The van der Waals surface area contributed by atoms with E-state index in [0.717, 1.165) is 71.8 Å². The normalized spacial score (nSPS) is 14.0. The molecule has 3 fully saturated rings. The van der Waals surface area contributed by atoms with Crippen LogP contribution in [0.3, 0.4) is 0 Å². The molecule has 3 atom stereocenters. The summed E-state index contributed by atoms with van der Waals surface area (Å²) in [5.74, 6) is 22.3. The Morgan fingerprint density at radius 1 is 0.485 bits per heavy atom. The molecule has 15 rings (SSSR count). The van der Waals surface area contributed by atoms with Gasteiger partial charge in [-0.2, -0.15) is 4.98 Å². The third kappa shape index (κ3) is 13.2. The monoisotopic (exact) mass is 1320 g/mol. The van der Waals surface area contributed by atoms with Gasteiger partial charge in [0.05, 0.1) is 39.8 Å². The largest absolute Gasteiger partial charge is 0.421 e. The minimum atomic E-state index is -0.347. The molecule has 0 radical (unpaired) electrons. The Hall–Kier alpha value is -12.4. The van der Waals surface area contributed by atoms with E-state index in [2.05, 4.69) is 109 Å². The average molecular weight is 1320 g/mol. The first-order valence-electron chi connectivity index (χ1n) is 32.6. The molecule has 3 aliphatic carbocycles. The molecule has 3 saturated carbocycles. The number of pyridine rings is 5. The third-order valence-corrected chi connectivity index (χ3v) is 17.2. The minimum Gasteiger partial charge on any atom is -0.421 e. The van der Waals surface area contributed by atoms with E-state index in [-0.39, 0.29) is 58.8 Å². The number of aryl methyl sites for hydroxylation is 3. The number of rotatable bonds is 15. The molecule has 0 bridgehead atoms. The van der Waals surface area contributed by atoms with Crippen LogP contribution in [0.15, 0.2) is 131 Å². The van der Waals surface area contributed by atoms with Gasteiger partial charge in [0.25, 0.3) is 34.3 Å². The van der Waals surface area contributed by atoms with Crippen molar-refractivity contribution in [3.8, 4) is 69.9 Å². The van der Waals surface area contributed by atoms with E-state index in [1.807, 2.05) is 84.5 Å². The lowest BCUT2D eigenvalue weighted by atomic mass is 10.0. The second-order valence-electron chi connectivity index (χ2n) is 24.6. The van der Waals surface area contributed by atoms with Crippen LogP contribution in [0, 0.1) is 56.3 Å².